The number of methoxy groups -OCH3 is 1. The van der Waals surface area contributed by atoms with Crippen LogP contribution in [0.5, 0.6) is 0 Å². The van der Waals surface area contributed by atoms with Crippen molar-refractivity contribution in [1.82, 2.24) is 5.32 Å². The van der Waals surface area contributed by atoms with E-state index in [1.165, 1.54) is 18.9 Å². The molecule has 0 aromatic heterocycles. The molecule has 1 aliphatic heterocycles. The lowest BCUT2D eigenvalue weighted by molar-refractivity contribution is -0.141. The Hall–Kier alpha value is -0.750. The summed E-state index contributed by atoms with van der Waals surface area (Å²) in [7, 11) is 1.32. The molecule has 2 N–H and O–H groups in total. The molecular weight excluding hydrogens is 218 g/mol. The summed E-state index contributed by atoms with van der Waals surface area (Å²) in [4.78, 5) is 21.9. The molecular formula is C9H15NO4S. The van der Waals surface area contributed by atoms with Gasteiger partial charge in [-0.1, -0.05) is 0 Å². The summed E-state index contributed by atoms with van der Waals surface area (Å²) in [5.41, 5.74) is 0. The highest BCUT2D eigenvalue weighted by Crippen LogP contribution is 2.39. The van der Waals surface area contributed by atoms with Gasteiger partial charge in [0.05, 0.1) is 13.5 Å². The van der Waals surface area contributed by atoms with Gasteiger partial charge < -0.3 is 9.84 Å². The number of carbonyl (C=O) groups excluding carboxylic acids is 1. The van der Waals surface area contributed by atoms with Crippen LogP contribution in [-0.2, 0) is 14.3 Å². The Bertz CT molecular complexity index is 279. The molecule has 0 saturated carbocycles. The predicted octanol–water partition coefficient (Wildman–Crippen LogP) is 0.444. The van der Waals surface area contributed by atoms with Crippen LogP contribution in [0, 0.1) is 0 Å². The average molecular weight is 233 g/mol. The van der Waals surface area contributed by atoms with Gasteiger partial charge in [0, 0.05) is 10.8 Å². The number of carboxylic acid groups (broad SMARTS) is 1. The molecule has 2 atom stereocenters. The third kappa shape index (κ3) is 2.85. The predicted molar refractivity (Wildman–Crippen MR) is 56.7 cm³/mol. The third-order valence-electron chi connectivity index (χ3n) is 2.41. The second kappa shape index (κ2) is 4.40. The van der Waals surface area contributed by atoms with Crippen molar-refractivity contribution in [3.8, 4) is 0 Å². The van der Waals surface area contributed by atoms with E-state index in [4.69, 9.17) is 5.11 Å². The van der Waals surface area contributed by atoms with Gasteiger partial charge >= 0.3 is 11.9 Å². The number of aliphatic carboxylic acids is 1. The second-order valence-corrected chi connectivity index (χ2v) is 5.70. The van der Waals surface area contributed by atoms with Crippen molar-refractivity contribution in [2.75, 3.05) is 7.11 Å². The van der Waals surface area contributed by atoms with Gasteiger partial charge in [-0.05, 0) is 13.8 Å². The second-order valence-electron chi connectivity index (χ2n) is 3.94. The van der Waals surface area contributed by atoms with Crippen LogP contribution in [-0.4, -0.2) is 40.3 Å². The highest BCUT2D eigenvalue weighted by Gasteiger charge is 2.44. The Kier molecular flexibility index (Phi) is 3.62. The van der Waals surface area contributed by atoms with E-state index in [1.807, 2.05) is 13.8 Å². The number of esters is 1. The molecule has 15 heavy (non-hydrogen) atoms. The summed E-state index contributed by atoms with van der Waals surface area (Å²) in [5, 5.41) is 11.2. The van der Waals surface area contributed by atoms with E-state index in [-0.39, 0.29) is 23.2 Å². The SMILES string of the molecule is COC(=O)[C@H]1N[C@@H](CC(=O)O)C(C)(C)S1. The maximum atomic E-state index is 11.3. The topological polar surface area (TPSA) is 75.6 Å². The number of carboxylic acids is 1. The van der Waals surface area contributed by atoms with Crippen molar-refractivity contribution < 1.29 is 19.4 Å². The van der Waals surface area contributed by atoms with Gasteiger partial charge in [-0.25, -0.2) is 4.79 Å². The van der Waals surface area contributed by atoms with Crippen molar-refractivity contribution >= 4 is 23.7 Å². The first-order chi connectivity index (χ1) is 6.86. The number of nitrogens with one attached hydrogen (secondary N) is 1. The molecule has 0 unspecified atom stereocenters. The Morgan fingerprint density at radius 3 is 2.60 bits per heavy atom. The first-order valence-electron chi connectivity index (χ1n) is 4.60. The highest BCUT2D eigenvalue weighted by atomic mass is 32.2. The van der Waals surface area contributed by atoms with Crippen LogP contribution in [0.2, 0.25) is 0 Å². The minimum absolute atomic E-state index is 0.00743. The zero-order chi connectivity index (χ0) is 11.6. The van der Waals surface area contributed by atoms with Gasteiger partial charge in [0.2, 0.25) is 0 Å². The molecule has 0 radical (unpaired) electrons. The van der Waals surface area contributed by atoms with Crippen molar-refractivity contribution in [2.24, 2.45) is 0 Å². The zero-order valence-electron chi connectivity index (χ0n) is 8.94. The molecule has 1 fully saturated rings. The number of rotatable bonds is 3. The summed E-state index contributed by atoms with van der Waals surface area (Å²) in [6.45, 7) is 3.84. The number of ether oxygens (including phenoxy) is 1. The molecule has 6 heteroatoms. The number of thioether (sulfide) groups is 1. The fourth-order valence-corrected chi connectivity index (χ4v) is 2.85. The average Bonchev–Trinajstić information content (AvgIpc) is 2.40. The lowest BCUT2D eigenvalue weighted by atomic mass is 10.0. The minimum atomic E-state index is -0.869. The molecule has 0 aromatic rings. The molecule has 1 saturated heterocycles. The fourth-order valence-electron chi connectivity index (χ4n) is 1.51. The van der Waals surface area contributed by atoms with Gasteiger partial charge in [0.1, 0.15) is 0 Å². The number of hydrogen-bond donors (Lipinski definition) is 2. The van der Waals surface area contributed by atoms with E-state index in [0.717, 1.165) is 0 Å². The lowest BCUT2D eigenvalue weighted by Gasteiger charge is -2.23. The van der Waals surface area contributed by atoms with Crippen LogP contribution in [0.3, 0.4) is 0 Å². The molecule has 0 aliphatic carbocycles. The van der Waals surface area contributed by atoms with Crippen molar-refractivity contribution in [2.45, 2.75) is 36.4 Å². The van der Waals surface area contributed by atoms with Gasteiger partial charge in [-0.2, -0.15) is 0 Å². The molecule has 0 amide bonds. The summed E-state index contributed by atoms with van der Waals surface area (Å²) in [6.07, 6.45) is 0.00743. The molecule has 1 rings (SSSR count). The van der Waals surface area contributed by atoms with E-state index in [2.05, 4.69) is 10.1 Å². The third-order valence-corrected chi connectivity index (χ3v) is 3.86. The van der Waals surface area contributed by atoms with Gasteiger partial charge in [-0.3, -0.25) is 10.1 Å². The van der Waals surface area contributed by atoms with Crippen LogP contribution < -0.4 is 5.32 Å². The van der Waals surface area contributed by atoms with E-state index in [9.17, 15) is 9.59 Å². The summed E-state index contributed by atoms with van der Waals surface area (Å²) in [5.74, 6) is -1.23. The lowest BCUT2D eigenvalue weighted by Crippen LogP contribution is -2.41. The van der Waals surface area contributed by atoms with Gasteiger partial charge in [0.15, 0.2) is 5.37 Å². The first kappa shape index (κ1) is 12.3. The van der Waals surface area contributed by atoms with E-state index in [1.54, 1.807) is 0 Å². The van der Waals surface area contributed by atoms with Crippen molar-refractivity contribution in [1.29, 1.82) is 0 Å². The monoisotopic (exact) mass is 233 g/mol. The summed E-state index contributed by atoms with van der Waals surface area (Å²) >= 11 is 1.40. The highest BCUT2D eigenvalue weighted by molar-refractivity contribution is 8.02. The quantitative estimate of drug-likeness (QED) is 0.689. The number of carbonyl (C=O) groups is 2. The normalized spacial score (nSPS) is 28.7. The summed E-state index contributed by atoms with van der Waals surface area (Å²) < 4.78 is 4.33. The molecule has 5 nitrogen and oxygen atoms in total. The molecule has 1 heterocycles. The maximum absolute atomic E-state index is 11.3. The van der Waals surface area contributed by atoms with E-state index >= 15 is 0 Å². The van der Waals surface area contributed by atoms with Crippen molar-refractivity contribution in [3.63, 3.8) is 0 Å². The Morgan fingerprint density at radius 1 is 1.53 bits per heavy atom. The van der Waals surface area contributed by atoms with Crippen LogP contribution in [0.25, 0.3) is 0 Å². The molecule has 0 bridgehead atoms. The standard InChI is InChI=1S/C9H15NO4S/c1-9(2)5(4-6(11)12)10-7(15-9)8(13)14-3/h5,7,10H,4H2,1-3H3,(H,11,12)/t5-,7-/m0/s1. The van der Waals surface area contributed by atoms with Crippen LogP contribution in [0.1, 0.15) is 20.3 Å². The van der Waals surface area contributed by atoms with E-state index in [0.29, 0.717) is 0 Å². The maximum Gasteiger partial charge on any atom is 0.333 e. The smallest absolute Gasteiger partial charge is 0.333 e. The molecule has 0 aromatic carbocycles. The molecule has 0 spiro atoms. The van der Waals surface area contributed by atoms with E-state index < -0.39 is 11.3 Å². The van der Waals surface area contributed by atoms with Crippen molar-refractivity contribution in [3.05, 3.63) is 0 Å². The van der Waals surface area contributed by atoms with Crippen LogP contribution >= 0.6 is 11.8 Å². The fraction of sp³-hybridized carbons (Fsp3) is 0.778. The molecule has 1 aliphatic rings. The molecule has 86 valence electrons. The van der Waals surface area contributed by atoms with Gasteiger partial charge in [0.25, 0.3) is 0 Å². The Morgan fingerprint density at radius 2 is 2.13 bits per heavy atom. The first-order valence-corrected chi connectivity index (χ1v) is 5.48. The Balaban J connectivity index is 2.67. The zero-order valence-corrected chi connectivity index (χ0v) is 9.76. The van der Waals surface area contributed by atoms with Crippen LogP contribution in [0.4, 0.5) is 0 Å². The van der Waals surface area contributed by atoms with Gasteiger partial charge in [-0.15, -0.1) is 11.8 Å². The Labute approximate surface area is 92.6 Å². The summed E-state index contributed by atoms with van der Waals surface area (Å²) in [6, 6.07) is -0.218. The minimum Gasteiger partial charge on any atom is -0.481 e. The number of hydrogen-bond acceptors (Lipinski definition) is 5. The largest absolute Gasteiger partial charge is 0.481 e. The van der Waals surface area contributed by atoms with Crippen LogP contribution in [0.15, 0.2) is 0 Å².